The van der Waals surface area contributed by atoms with Crippen LogP contribution in [-0.2, 0) is 9.53 Å². The number of carbonyl (C=O) groups is 1. The minimum atomic E-state index is -0.295. The smallest absolute Gasteiger partial charge is 0.242 e. The Bertz CT molecular complexity index is 671. The summed E-state index contributed by atoms with van der Waals surface area (Å²) in [5.41, 5.74) is 0.500. The number of nitrogens with one attached hydrogen (secondary N) is 3. The van der Waals surface area contributed by atoms with Gasteiger partial charge in [0.1, 0.15) is 6.54 Å². The number of carbonyl (C=O) groups excluding carboxylic acids is 1. The summed E-state index contributed by atoms with van der Waals surface area (Å²) < 4.78 is 16.7. The number of anilines is 1. The lowest BCUT2D eigenvalue weighted by Gasteiger charge is -2.20. The number of aliphatic imine (C=N–C) groups is 1. The van der Waals surface area contributed by atoms with Gasteiger partial charge in [-0.2, -0.15) is 0 Å². The van der Waals surface area contributed by atoms with Crippen LogP contribution in [0.2, 0.25) is 0 Å². The molecule has 0 aromatic heterocycles. The van der Waals surface area contributed by atoms with Crippen molar-refractivity contribution < 1.29 is 19.0 Å². The highest BCUT2D eigenvalue weighted by Gasteiger charge is 2.14. The molecule has 156 valence electrons. The fraction of sp³-hybridized carbons (Fsp3) is 0.600. The van der Waals surface area contributed by atoms with Gasteiger partial charge < -0.3 is 30.2 Å². The minimum absolute atomic E-state index is 0.0196. The first kappa shape index (κ1) is 21.8. The lowest BCUT2D eigenvalue weighted by atomic mass is 10.1. The Labute approximate surface area is 167 Å². The van der Waals surface area contributed by atoms with E-state index in [0.29, 0.717) is 44.7 Å². The maximum absolute atomic E-state index is 12.1. The number of benzene rings is 1. The summed E-state index contributed by atoms with van der Waals surface area (Å²) in [6.07, 6.45) is 0.853. The fourth-order valence-corrected chi connectivity index (χ4v) is 2.51. The maximum atomic E-state index is 12.1. The molecule has 1 heterocycles. The third-order valence-electron chi connectivity index (χ3n) is 3.65. The minimum Gasteiger partial charge on any atom is -0.490 e. The summed E-state index contributed by atoms with van der Waals surface area (Å²) >= 11 is 0. The Morgan fingerprint density at radius 1 is 1.21 bits per heavy atom. The van der Waals surface area contributed by atoms with Gasteiger partial charge in [0.2, 0.25) is 5.91 Å². The molecule has 1 aliphatic rings. The van der Waals surface area contributed by atoms with Crippen LogP contribution in [0.1, 0.15) is 34.1 Å². The quantitative estimate of drug-likeness (QED) is 0.374. The van der Waals surface area contributed by atoms with Gasteiger partial charge in [0, 0.05) is 36.9 Å². The van der Waals surface area contributed by atoms with E-state index in [9.17, 15) is 4.79 Å². The van der Waals surface area contributed by atoms with Crippen LogP contribution in [0.4, 0.5) is 5.69 Å². The van der Waals surface area contributed by atoms with Crippen molar-refractivity contribution in [2.45, 2.75) is 39.7 Å². The van der Waals surface area contributed by atoms with Crippen LogP contribution in [0.15, 0.2) is 23.2 Å². The van der Waals surface area contributed by atoms with E-state index >= 15 is 0 Å². The largest absolute Gasteiger partial charge is 0.490 e. The van der Waals surface area contributed by atoms with Gasteiger partial charge in [-0.05, 0) is 39.8 Å². The van der Waals surface area contributed by atoms with E-state index in [-0.39, 0.29) is 18.0 Å². The normalized spacial score (nSPS) is 14.2. The second-order valence-electron chi connectivity index (χ2n) is 7.42. The third kappa shape index (κ3) is 8.04. The van der Waals surface area contributed by atoms with Crippen molar-refractivity contribution in [3.63, 3.8) is 0 Å². The fourth-order valence-electron chi connectivity index (χ4n) is 2.51. The van der Waals surface area contributed by atoms with Gasteiger partial charge in [0.05, 0.1) is 19.8 Å². The maximum Gasteiger partial charge on any atom is 0.242 e. The third-order valence-corrected chi connectivity index (χ3v) is 3.65. The summed E-state index contributed by atoms with van der Waals surface area (Å²) in [5.74, 6) is 1.78. The Balaban J connectivity index is 2.04. The standard InChI is InChI=1S/C20H32N4O4/c1-5-26-12-9-21-19(22-14-18(25)24-20(2,3)4)23-15-7-8-16-17(13-15)28-11-6-10-27-16/h7-8,13H,5-6,9-12,14H2,1-4H3,(H,24,25)(H2,21,22,23). The molecule has 0 fully saturated rings. The highest BCUT2D eigenvalue weighted by Crippen LogP contribution is 2.32. The lowest BCUT2D eigenvalue weighted by Crippen LogP contribution is -2.42. The van der Waals surface area contributed by atoms with Crippen molar-refractivity contribution in [1.29, 1.82) is 0 Å². The number of nitrogens with zero attached hydrogens (tertiary/aromatic N) is 1. The zero-order chi connectivity index (χ0) is 20.4. The molecule has 0 saturated carbocycles. The van der Waals surface area contributed by atoms with E-state index in [4.69, 9.17) is 14.2 Å². The van der Waals surface area contributed by atoms with E-state index in [1.54, 1.807) is 0 Å². The zero-order valence-corrected chi connectivity index (χ0v) is 17.3. The van der Waals surface area contributed by atoms with E-state index in [2.05, 4.69) is 20.9 Å². The van der Waals surface area contributed by atoms with Gasteiger partial charge in [-0.15, -0.1) is 0 Å². The molecule has 1 aromatic carbocycles. The predicted molar refractivity (Wildman–Crippen MR) is 110 cm³/mol. The van der Waals surface area contributed by atoms with Crippen LogP contribution < -0.4 is 25.4 Å². The van der Waals surface area contributed by atoms with Crippen molar-refractivity contribution in [2.24, 2.45) is 4.99 Å². The number of guanidine groups is 1. The summed E-state index contributed by atoms with van der Waals surface area (Å²) in [7, 11) is 0. The lowest BCUT2D eigenvalue weighted by molar-refractivity contribution is -0.121. The second-order valence-corrected chi connectivity index (χ2v) is 7.42. The molecule has 1 aromatic rings. The molecule has 2 rings (SSSR count). The van der Waals surface area contributed by atoms with Gasteiger partial charge in [-0.3, -0.25) is 4.79 Å². The van der Waals surface area contributed by atoms with E-state index in [1.807, 2.05) is 45.9 Å². The van der Waals surface area contributed by atoms with Crippen LogP contribution in [0.25, 0.3) is 0 Å². The Hall–Kier alpha value is -2.48. The van der Waals surface area contributed by atoms with Crippen molar-refractivity contribution in [2.75, 3.05) is 44.8 Å². The van der Waals surface area contributed by atoms with Crippen LogP contribution in [0.5, 0.6) is 11.5 Å². The van der Waals surface area contributed by atoms with Crippen molar-refractivity contribution in [3.8, 4) is 11.5 Å². The molecule has 0 saturated heterocycles. The van der Waals surface area contributed by atoms with Crippen molar-refractivity contribution in [1.82, 2.24) is 10.6 Å². The SMILES string of the molecule is CCOCCNC(=NCC(=O)NC(C)(C)C)Nc1ccc2c(c1)OCCCO2. The summed E-state index contributed by atoms with van der Waals surface area (Å²) in [5, 5.41) is 9.29. The second kappa shape index (κ2) is 10.8. The molecule has 0 aliphatic carbocycles. The van der Waals surface area contributed by atoms with Crippen LogP contribution in [0, 0.1) is 0 Å². The molecule has 8 nitrogen and oxygen atoms in total. The predicted octanol–water partition coefficient (Wildman–Crippen LogP) is 2.16. The summed E-state index contributed by atoms with van der Waals surface area (Å²) in [6, 6.07) is 5.63. The Morgan fingerprint density at radius 2 is 1.96 bits per heavy atom. The number of amides is 1. The topological polar surface area (TPSA) is 93.2 Å². The first-order valence-electron chi connectivity index (χ1n) is 9.71. The number of hydrogen-bond donors (Lipinski definition) is 3. The van der Waals surface area contributed by atoms with Gasteiger partial charge in [-0.25, -0.2) is 4.99 Å². The number of hydrogen-bond acceptors (Lipinski definition) is 5. The highest BCUT2D eigenvalue weighted by molar-refractivity contribution is 5.95. The van der Waals surface area contributed by atoms with Gasteiger partial charge >= 0.3 is 0 Å². The van der Waals surface area contributed by atoms with E-state index in [0.717, 1.165) is 17.9 Å². The molecule has 0 radical (unpaired) electrons. The zero-order valence-electron chi connectivity index (χ0n) is 17.3. The van der Waals surface area contributed by atoms with E-state index < -0.39 is 0 Å². The van der Waals surface area contributed by atoms with E-state index in [1.165, 1.54) is 0 Å². The molecule has 1 amide bonds. The number of fused-ring (bicyclic) bond motifs is 1. The molecule has 0 atom stereocenters. The average molecular weight is 393 g/mol. The first-order valence-corrected chi connectivity index (χ1v) is 9.71. The first-order chi connectivity index (χ1) is 13.4. The highest BCUT2D eigenvalue weighted by atomic mass is 16.5. The number of rotatable bonds is 7. The molecule has 8 heteroatoms. The van der Waals surface area contributed by atoms with Crippen molar-refractivity contribution in [3.05, 3.63) is 18.2 Å². The Kier molecular flexibility index (Phi) is 8.38. The molecule has 28 heavy (non-hydrogen) atoms. The average Bonchev–Trinajstić information content (AvgIpc) is 2.86. The van der Waals surface area contributed by atoms with Crippen LogP contribution in [0.3, 0.4) is 0 Å². The van der Waals surface area contributed by atoms with Crippen LogP contribution >= 0.6 is 0 Å². The molecular formula is C20H32N4O4. The van der Waals surface area contributed by atoms with Gasteiger partial charge in [-0.1, -0.05) is 0 Å². The molecule has 3 N–H and O–H groups in total. The molecule has 0 spiro atoms. The number of ether oxygens (including phenoxy) is 3. The van der Waals surface area contributed by atoms with Crippen LogP contribution in [-0.4, -0.2) is 56.9 Å². The monoisotopic (exact) mass is 392 g/mol. The molecule has 0 unspecified atom stereocenters. The summed E-state index contributed by atoms with van der Waals surface area (Å²) in [4.78, 5) is 16.5. The molecular weight excluding hydrogens is 360 g/mol. The summed E-state index contributed by atoms with van der Waals surface area (Å²) in [6.45, 7) is 10.8. The van der Waals surface area contributed by atoms with Crippen molar-refractivity contribution >= 4 is 17.6 Å². The Morgan fingerprint density at radius 3 is 2.68 bits per heavy atom. The molecule has 1 aliphatic heterocycles. The van der Waals surface area contributed by atoms with Gasteiger partial charge in [0.15, 0.2) is 17.5 Å². The molecule has 0 bridgehead atoms. The van der Waals surface area contributed by atoms with Gasteiger partial charge in [0.25, 0.3) is 0 Å².